The van der Waals surface area contributed by atoms with Crippen LogP contribution in [0.4, 0.5) is 0 Å². The lowest BCUT2D eigenvalue weighted by Gasteiger charge is -2.54. The number of rotatable bonds is 16. The summed E-state index contributed by atoms with van der Waals surface area (Å²) >= 11 is 0. The molecular formula is C23H52O6Si2. The maximum absolute atomic E-state index is 6.75. The zero-order chi connectivity index (χ0) is 24.6. The maximum Gasteiger partial charge on any atom is 0.512 e. The van der Waals surface area contributed by atoms with Gasteiger partial charge in [0.05, 0.1) is 0 Å². The van der Waals surface area contributed by atoms with Gasteiger partial charge in [-0.3, -0.25) is 0 Å². The SMILES string of the molecule is CCC(CC)([Si](OC(C)C)(OC(C)C)OC(C)C)[Si](OC(C)C)(OC(C)C)OC(C)C. The zero-order valence-electron chi connectivity index (χ0n) is 22.8. The minimum atomic E-state index is -3.41. The average Bonchev–Trinajstić information content (AvgIpc) is 2.51. The lowest BCUT2D eigenvalue weighted by Crippen LogP contribution is -2.73. The minimum Gasteiger partial charge on any atom is -0.371 e. The smallest absolute Gasteiger partial charge is 0.371 e. The van der Waals surface area contributed by atoms with Crippen LogP contribution in [-0.2, 0) is 26.6 Å². The van der Waals surface area contributed by atoms with Gasteiger partial charge in [0.1, 0.15) is 4.66 Å². The van der Waals surface area contributed by atoms with Crippen molar-refractivity contribution in [3.8, 4) is 0 Å². The van der Waals surface area contributed by atoms with E-state index in [0.717, 1.165) is 0 Å². The van der Waals surface area contributed by atoms with Crippen LogP contribution in [0.3, 0.4) is 0 Å². The molecule has 0 aliphatic rings. The van der Waals surface area contributed by atoms with Crippen LogP contribution in [0.1, 0.15) is 110 Å². The summed E-state index contributed by atoms with van der Waals surface area (Å²) in [6, 6.07) is 0. The molecular weight excluding hydrogens is 428 g/mol. The molecule has 0 amide bonds. The molecule has 0 bridgehead atoms. The van der Waals surface area contributed by atoms with E-state index in [1.165, 1.54) is 0 Å². The van der Waals surface area contributed by atoms with Crippen LogP contribution in [0.15, 0.2) is 0 Å². The molecule has 0 saturated heterocycles. The third-order valence-electron chi connectivity index (χ3n) is 4.72. The van der Waals surface area contributed by atoms with Crippen LogP contribution in [0.25, 0.3) is 0 Å². The highest BCUT2D eigenvalue weighted by Crippen LogP contribution is 2.56. The van der Waals surface area contributed by atoms with Crippen molar-refractivity contribution in [3.63, 3.8) is 0 Å². The molecule has 0 rings (SSSR count). The van der Waals surface area contributed by atoms with Crippen molar-refractivity contribution < 1.29 is 26.6 Å². The lowest BCUT2D eigenvalue weighted by molar-refractivity contribution is -0.0492. The quantitative estimate of drug-likeness (QED) is 0.235. The molecule has 6 nitrogen and oxygen atoms in total. The van der Waals surface area contributed by atoms with Gasteiger partial charge in [-0.1, -0.05) is 13.8 Å². The molecule has 0 unspecified atom stereocenters. The Bertz CT molecular complexity index is 397. The van der Waals surface area contributed by atoms with Gasteiger partial charge in [0.2, 0.25) is 0 Å². The molecule has 188 valence electrons. The van der Waals surface area contributed by atoms with Gasteiger partial charge in [-0.25, -0.2) is 0 Å². The molecule has 0 atom stereocenters. The minimum absolute atomic E-state index is 0.0782. The second-order valence-electron chi connectivity index (χ2n) is 9.90. The van der Waals surface area contributed by atoms with E-state index in [2.05, 4.69) is 13.8 Å². The Morgan fingerprint density at radius 1 is 0.419 bits per heavy atom. The van der Waals surface area contributed by atoms with E-state index < -0.39 is 22.3 Å². The largest absolute Gasteiger partial charge is 0.512 e. The molecule has 0 saturated carbocycles. The Labute approximate surface area is 195 Å². The second kappa shape index (κ2) is 13.2. The molecule has 8 heteroatoms. The molecule has 0 radical (unpaired) electrons. The van der Waals surface area contributed by atoms with Gasteiger partial charge in [0.15, 0.2) is 0 Å². The van der Waals surface area contributed by atoms with Crippen LogP contribution in [0, 0.1) is 0 Å². The number of hydrogen-bond acceptors (Lipinski definition) is 6. The third-order valence-corrected chi connectivity index (χ3v) is 15.0. The summed E-state index contributed by atoms with van der Waals surface area (Å²) in [6.45, 7) is 28.7. The Kier molecular flexibility index (Phi) is 13.3. The fraction of sp³-hybridized carbons (Fsp3) is 1.00. The molecule has 0 aliphatic heterocycles. The van der Waals surface area contributed by atoms with Gasteiger partial charge in [-0.15, -0.1) is 0 Å². The first-order valence-corrected chi connectivity index (χ1v) is 15.6. The van der Waals surface area contributed by atoms with E-state index >= 15 is 0 Å². The molecule has 0 aromatic heterocycles. The van der Waals surface area contributed by atoms with Crippen molar-refractivity contribution in [1.29, 1.82) is 0 Å². The van der Waals surface area contributed by atoms with Crippen LogP contribution in [-0.4, -0.2) is 54.2 Å². The molecule has 0 fully saturated rings. The van der Waals surface area contributed by atoms with Crippen molar-refractivity contribution in [2.24, 2.45) is 0 Å². The van der Waals surface area contributed by atoms with E-state index in [9.17, 15) is 0 Å². The molecule has 0 aromatic rings. The van der Waals surface area contributed by atoms with E-state index in [-0.39, 0.29) is 36.6 Å². The summed E-state index contributed by atoms with van der Waals surface area (Å²) < 4.78 is 39.8. The van der Waals surface area contributed by atoms with Crippen molar-refractivity contribution in [2.75, 3.05) is 0 Å². The fourth-order valence-corrected chi connectivity index (χ4v) is 13.7. The Morgan fingerprint density at radius 2 is 0.581 bits per heavy atom. The zero-order valence-corrected chi connectivity index (χ0v) is 24.8. The van der Waals surface area contributed by atoms with Gasteiger partial charge >= 0.3 is 17.6 Å². The first kappa shape index (κ1) is 31.2. The normalized spacial score (nSPS) is 14.3. The Morgan fingerprint density at radius 3 is 0.677 bits per heavy atom. The molecule has 0 aromatic carbocycles. The van der Waals surface area contributed by atoms with Crippen molar-refractivity contribution in [2.45, 2.75) is 151 Å². The van der Waals surface area contributed by atoms with Gasteiger partial charge in [0.25, 0.3) is 0 Å². The van der Waals surface area contributed by atoms with Gasteiger partial charge in [-0.2, -0.15) is 0 Å². The fourth-order valence-electron chi connectivity index (χ4n) is 4.01. The van der Waals surface area contributed by atoms with E-state index in [1.54, 1.807) is 0 Å². The van der Waals surface area contributed by atoms with Crippen molar-refractivity contribution in [1.82, 2.24) is 0 Å². The maximum atomic E-state index is 6.75. The van der Waals surface area contributed by atoms with E-state index in [1.807, 2.05) is 83.1 Å². The summed E-state index contributed by atoms with van der Waals surface area (Å²) in [7, 11) is -6.83. The van der Waals surface area contributed by atoms with Crippen LogP contribution in [0.2, 0.25) is 4.66 Å². The van der Waals surface area contributed by atoms with Crippen molar-refractivity contribution >= 4 is 17.6 Å². The van der Waals surface area contributed by atoms with E-state index in [0.29, 0.717) is 12.8 Å². The topological polar surface area (TPSA) is 55.4 Å². The predicted molar refractivity (Wildman–Crippen MR) is 132 cm³/mol. The standard InChI is InChI=1S/C23H52O6Si2/c1-15-23(16-2,30(24-17(3)4,25-18(5)6)26-19(7)8)31(27-20(9)10,28-21(11)12)29-22(13)14/h17-22H,15-16H2,1-14H3. The highest BCUT2D eigenvalue weighted by atomic mass is 28.5. The summed E-state index contributed by atoms with van der Waals surface area (Å²) in [5.74, 6) is 0. The number of hydrogen-bond donors (Lipinski definition) is 0. The summed E-state index contributed by atoms with van der Waals surface area (Å²) in [5, 5.41) is 0. The van der Waals surface area contributed by atoms with Gasteiger partial charge in [-0.05, 0) is 95.9 Å². The Hall–Kier alpha value is 0.194. The average molecular weight is 481 g/mol. The molecule has 0 aliphatic carbocycles. The highest BCUT2D eigenvalue weighted by molar-refractivity contribution is 6.85. The molecule has 0 spiro atoms. The molecule has 0 N–H and O–H groups in total. The highest BCUT2D eigenvalue weighted by Gasteiger charge is 2.77. The first-order chi connectivity index (χ1) is 14.1. The third kappa shape index (κ3) is 8.17. The van der Waals surface area contributed by atoms with Crippen LogP contribution in [0.5, 0.6) is 0 Å². The van der Waals surface area contributed by atoms with Crippen LogP contribution < -0.4 is 0 Å². The van der Waals surface area contributed by atoms with E-state index in [4.69, 9.17) is 26.6 Å². The Balaban J connectivity index is 7.31. The second-order valence-corrected chi connectivity index (χ2v) is 16.0. The monoisotopic (exact) mass is 480 g/mol. The van der Waals surface area contributed by atoms with Gasteiger partial charge in [0, 0.05) is 36.6 Å². The molecule has 31 heavy (non-hydrogen) atoms. The lowest BCUT2D eigenvalue weighted by atomic mass is 10.2. The predicted octanol–water partition coefficient (Wildman–Crippen LogP) is 6.51. The van der Waals surface area contributed by atoms with Gasteiger partial charge < -0.3 is 26.6 Å². The molecule has 0 heterocycles. The van der Waals surface area contributed by atoms with Crippen LogP contribution >= 0.6 is 0 Å². The van der Waals surface area contributed by atoms with Crippen molar-refractivity contribution in [3.05, 3.63) is 0 Å². The summed E-state index contributed by atoms with van der Waals surface area (Å²) in [4.78, 5) is 0. The summed E-state index contributed by atoms with van der Waals surface area (Å²) in [6.07, 6.45) is 0.948. The summed E-state index contributed by atoms with van der Waals surface area (Å²) in [5.41, 5.74) is 0. The first-order valence-electron chi connectivity index (χ1n) is 12.2.